The summed E-state index contributed by atoms with van der Waals surface area (Å²) in [5, 5.41) is 0.485. The largest absolute Gasteiger partial charge is 0.364 e. The van der Waals surface area contributed by atoms with Crippen molar-refractivity contribution < 1.29 is 0 Å². The Balaban J connectivity index is 2.84. The van der Waals surface area contributed by atoms with Gasteiger partial charge in [-0.2, -0.15) is 0 Å². The van der Waals surface area contributed by atoms with Crippen molar-refractivity contribution in [2.75, 3.05) is 19.0 Å². The molecule has 2 aromatic rings. The molecule has 0 aliphatic rings. The van der Waals surface area contributed by atoms with Crippen molar-refractivity contribution in [3.8, 4) is 0 Å². The zero-order valence-corrected chi connectivity index (χ0v) is 10.2. The summed E-state index contributed by atoms with van der Waals surface area (Å²) in [6, 6.07) is 5.89. The minimum atomic E-state index is 0.485. The normalized spacial score (nSPS) is 10.9. The summed E-state index contributed by atoms with van der Waals surface area (Å²) >= 11 is 9.34. The Morgan fingerprint density at radius 2 is 2.14 bits per heavy atom. The van der Waals surface area contributed by atoms with E-state index in [1.807, 2.05) is 41.6 Å². The maximum atomic E-state index is 5.93. The van der Waals surface area contributed by atoms with Gasteiger partial charge in [0.15, 0.2) is 5.15 Å². The Bertz CT molecular complexity index is 478. The molecule has 2 rings (SSSR count). The van der Waals surface area contributed by atoms with Crippen LogP contribution in [-0.4, -0.2) is 23.5 Å². The number of nitrogens with zero attached hydrogens (tertiary/aromatic N) is 3. The molecule has 0 saturated heterocycles. The number of rotatable bonds is 1. The minimum Gasteiger partial charge on any atom is -0.364 e. The molecular formula is C9H9BrClN3. The Hall–Kier alpha value is -0.740. The minimum absolute atomic E-state index is 0.485. The van der Waals surface area contributed by atoms with Gasteiger partial charge in [-0.1, -0.05) is 17.7 Å². The molecular weight excluding hydrogens is 265 g/mol. The van der Waals surface area contributed by atoms with Crippen LogP contribution in [0.5, 0.6) is 0 Å². The predicted molar refractivity (Wildman–Crippen MR) is 62.2 cm³/mol. The highest BCUT2D eigenvalue weighted by Gasteiger charge is 2.10. The van der Waals surface area contributed by atoms with E-state index in [1.54, 1.807) is 0 Å². The van der Waals surface area contributed by atoms with Crippen molar-refractivity contribution in [3.63, 3.8) is 0 Å². The number of fused-ring (bicyclic) bond motifs is 1. The molecule has 5 heteroatoms. The summed E-state index contributed by atoms with van der Waals surface area (Å²) in [7, 11) is 3.96. The molecule has 0 aliphatic heterocycles. The number of anilines is 1. The van der Waals surface area contributed by atoms with Crippen LogP contribution in [-0.2, 0) is 0 Å². The summed E-state index contributed by atoms with van der Waals surface area (Å²) < 4.78 is 2.75. The first-order chi connectivity index (χ1) is 6.61. The predicted octanol–water partition coefficient (Wildman–Crippen LogP) is 2.82. The van der Waals surface area contributed by atoms with Crippen LogP contribution in [0, 0.1) is 0 Å². The summed E-state index contributed by atoms with van der Waals surface area (Å²) in [6.07, 6.45) is 0. The first-order valence-corrected chi connectivity index (χ1v) is 5.28. The number of hydrogen-bond donors (Lipinski definition) is 0. The van der Waals surface area contributed by atoms with Crippen LogP contribution < -0.4 is 4.90 Å². The van der Waals surface area contributed by atoms with Gasteiger partial charge in [0.2, 0.25) is 0 Å². The molecule has 0 bridgehead atoms. The average Bonchev–Trinajstić information content (AvgIpc) is 2.43. The van der Waals surface area contributed by atoms with E-state index < -0.39 is 0 Å². The second-order valence-electron chi connectivity index (χ2n) is 3.17. The van der Waals surface area contributed by atoms with Gasteiger partial charge in [-0.25, -0.2) is 4.98 Å². The van der Waals surface area contributed by atoms with Gasteiger partial charge in [-0.3, -0.25) is 4.40 Å². The highest BCUT2D eigenvalue weighted by atomic mass is 79.9. The number of imidazole rings is 1. The molecule has 0 atom stereocenters. The zero-order chi connectivity index (χ0) is 10.3. The van der Waals surface area contributed by atoms with Crippen molar-refractivity contribution >= 4 is 39.0 Å². The smallest absolute Gasteiger partial charge is 0.162 e. The molecule has 0 N–H and O–H groups in total. The molecule has 0 saturated carbocycles. The van der Waals surface area contributed by atoms with Crippen LogP contribution >= 0.6 is 27.5 Å². The van der Waals surface area contributed by atoms with Gasteiger partial charge in [-0.15, -0.1) is 0 Å². The molecule has 3 nitrogen and oxygen atoms in total. The number of aromatic nitrogens is 2. The topological polar surface area (TPSA) is 20.5 Å². The van der Waals surface area contributed by atoms with Crippen LogP contribution in [0.25, 0.3) is 5.65 Å². The molecule has 0 spiro atoms. The Morgan fingerprint density at radius 1 is 1.43 bits per heavy atom. The van der Waals surface area contributed by atoms with E-state index in [2.05, 4.69) is 20.9 Å². The van der Waals surface area contributed by atoms with E-state index >= 15 is 0 Å². The first kappa shape index (κ1) is 9.80. The van der Waals surface area contributed by atoms with Crippen molar-refractivity contribution in [1.82, 2.24) is 9.38 Å². The SMILES string of the molecule is CN(C)c1cccc2nc(Cl)c(Br)n12. The molecule has 0 aliphatic carbocycles. The lowest BCUT2D eigenvalue weighted by atomic mass is 10.4. The Morgan fingerprint density at radius 3 is 2.79 bits per heavy atom. The van der Waals surface area contributed by atoms with Gasteiger partial charge in [0.25, 0.3) is 0 Å². The number of halogens is 2. The first-order valence-electron chi connectivity index (χ1n) is 4.11. The van der Waals surface area contributed by atoms with Crippen molar-refractivity contribution in [1.29, 1.82) is 0 Å². The van der Waals surface area contributed by atoms with Crippen molar-refractivity contribution in [2.24, 2.45) is 0 Å². The summed E-state index contributed by atoms with van der Waals surface area (Å²) in [5.41, 5.74) is 0.841. The van der Waals surface area contributed by atoms with Gasteiger partial charge in [-0.05, 0) is 28.1 Å². The van der Waals surface area contributed by atoms with Gasteiger partial charge in [0.1, 0.15) is 16.1 Å². The molecule has 0 unspecified atom stereocenters. The summed E-state index contributed by atoms with van der Waals surface area (Å²) in [5.74, 6) is 1.04. The molecule has 0 radical (unpaired) electrons. The highest BCUT2D eigenvalue weighted by molar-refractivity contribution is 9.10. The van der Waals surface area contributed by atoms with Gasteiger partial charge in [0.05, 0.1) is 0 Å². The van der Waals surface area contributed by atoms with Gasteiger partial charge in [0, 0.05) is 14.1 Å². The highest BCUT2D eigenvalue weighted by Crippen LogP contribution is 2.27. The standard InChI is InChI=1S/C9H9BrClN3/c1-13(2)7-5-3-4-6-12-9(11)8(10)14(6)7/h3-5H,1-2H3. The van der Waals surface area contributed by atoms with Crippen molar-refractivity contribution in [3.05, 3.63) is 28.0 Å². The lowest BCUT2D eigenvalue weighted by molar-refractivity contribution is 1.01. The maximum absolute atomic E-state index is 5.93. The van der Waals surface area contributed by atoms with Crippen LogP contribution in [0.1, 0.15) is 0 Å². The third kappa shape index (κ3) is 1.38. The van der Waals surface area contributed by atoms with Crippen molar-refractivity contribution in [2.45, 2.75) is 0 Å². The summed E-state index contributed by atoms with van der Waals surface area (Å²) in [6.45, 7) is 0. The summed E-state index contributed by atoms with van der Waals surface area (Å²) in [4.78, 5) is 6.22. The second kappa shape index (κ2) is 3.44. The molecule has 0 fully saturated rings. The lowest BCUT2D eigenvalue weighted by Crippen LogP contribution is -2.12. The van der Waals surface area contributed by atoms with E-state index in [-0.39, 0.29) is 0 Å². The molecule has 2 heterocycles. The number of pyridine rings is 1. The second-order valence-corrected chi connectivity index (χ2v) is 4.27. The molecule has 2 aromatic heterocycles. The van der Waals surface area contributed by atoms with Gasteiger partial charge < -0.3 is 4.90 Å². The monoisotopic (exact) mass is 273 g/mol. The third-order valence-electron chi connectivity index (χ3n) is 1.99. The van der Waals surface area contributed by atoms with Crippen LogP contribution in [0.3, 0.4) is 0 Å². The van der Waals surface area contributed by atoms with Crippen LogP contribution in [0.15, 0.2) is 22.8 Å². The maximum Gasteiger partial charge on any atom is 0.162 e. The average molecular weight is 275 g/mol. The zero-order valence-electron chi connectivity index (χ0n) is 7.83. The molecule has 0 aromatic carbocycles. The van der Waals surface area contributed by atoms with E-state index in [1.165, 1.54) is 0 Å². The van der Waals surface area contributed by atoms with E-state index in [4.69, 9.17) is 11.6 Å². The van der Waals surface area contributed by atoms with E-state index in [0.717, 1.165) is 16.1 Å². The van der Waals surface area contributed by atoms with Crippen LogP contribution in [0.4, 0.5) is 5.82 Å². The fraction of sp³-hybridized carbons (Fsp3) is 0.222. The van der Waals surface area contributed by atoms with Gasteiger partial charge >= 0.3 is 0 Å². The quantitative estimate of drug-likeness (QED) is 0.797. The van der Waals surface area contributed by atoms with E-state index in [0.29, 0.717) is 5.15 Å². The third-order valence-corrected chi connectivity index (χ3v) is 3.21. The molecule has 74 valence electrons. The fourth-order valence-corrected chi connectivity index (χ4v) is 1.99. The fourth-order valence-electron chi connectivity index (χ4n) is 1.36. The molecule has 14 heavy (non-hydrogen) atoms. The Labute approximate surface area is 95.4 Å². The molecule has 0 amide bonds. The number of hydrogen-bond acceptors (Lipinski definition) is 2. The Kier molecular flexibility index (Phi) is 2.41. The van der Waals surface area contributed by atoms with E-state index in [9.17, 15) is 0 Å². The van der Waals surface area contributed by atoms with Crippen LogP contribution in [0.2, 0.25) is 5.15 Å². The lowest BCUT2D eigenvalue weighted by Gasteiger charge is -2.14.